The first-order valence-electron chi connectivity index (χ1n) is 7.00. The first-order chi connectivity index (χ1) is 11.9. The van der Waals surface area contributed by atoms with Crippen molar-refractivity contribution < 1.29 is 18.0 Å². The monoisotopic (exact) mass is 363 g/mol. The van der Waals surface area contributed by atoms with Gasteiger partial charge >= 0.3 is 6.18 Å². The molecule has 4 aromatic rings. The van der Waals surface area contributed by atoms with Gasteiger partial charge in [0.1, 0.15) is 0 Å². The van der Waals surface area contributed by atoms with Crippen LogP contribution in [0, 0.1) is 0 Å². The second kappa shape index (κ2) is 5.52. The summed E-state index contributed by atoms with van der Waals surface area (Å²) in [5, 5.41) is 9.30. The lowest BCUT2D eigenvalue weighted by Gasteiger charge is -2.10. The van der Waals surface area contributed by atoms with Gasteiger partial charge in [-0.3, -0.25) is 4.79 Å². The Morgan fingerprint density at radius 2 is 2.04 bits per heavy atom. The summed E-state index contributed by atoms with van der Waals surface area (Å²) >= 11 is 1.27. The van der Waals surface area contributed by atoms with E-state index in [1.165, 1.54) is 35.9 Å². The highest BCUT2D eigenvalue weighted by atomic mass is 32.1. The average Bonchev–Trinajstić information content (AvgIpc) is 3.32. The number of hydrogen-bond acceptors (Lipinski definition) is 5. The van der Waals surface area contributed by atoms with Crippen LogP contribution in [0.1, 0.15) is 16.2 Å². The maximum Gasteiger partial charge on any atom is 0.433 e. The fourth-order valence-electron chi connectivity index (χ4n) is 2.34. The highest BCUT2D eigenvalue weighted by Crippen LogP contribution is 2.33. The van der Waals surface area contributed by atoms with Crippen molar-refractivity contribution in [3.05, 3.63) is 59.5 Å². The number of hydrogen-bond donors (Lipinski definition) is 0. The van der Waals surface area contributed by atoms with Gasteiger partial charge in [-0.1, -0.05) is 6.07 Å². The minimum Gasteiger partial charge on any atom is -0.265 e. The Labute approximate surface area is 142 Å². The average molecular weight is 363 g/mol. The molecule has 0 atom stereocenters. The van der Waals surface area contributed by atoms with Crippen molar-refractivity contribution in [2.24, 2.45) is 0 Å². The van der Waals surface area contributed by atoms with Gasteiger partial charge in [-0.2, -0.15) is 23.4 Å². The SMILES string of the molecule is O=C(c1cc2nc(-c3cccs3)cc(C(F)(F)F)n2n1)n1cccn1. The summed E-state index contributed by atoms with van der Waals surface area (Å²) in [6, 6.07) is 7.07. The predicted molar refractivity (Wildman–Crippen MR) is 83.3 cm³/mol. The lowest BCUT2D eigenvalue weighted by atomic mass is 10.2. The molecule has 4 rings (SSSR count). The zero-order valence-corrected chi connectivity index (χ0v) is 13.1. The third-order valence-electron chi connectivity index (χ3n) is 3.42. The van der Waals surface area contributed by atoms with E-state index >= 15 is 0 Å². The number of carbonyl (C=O) groups excluding carboxylic acids is 1. The lowest BCUT2D eigenvalue weighted by Crippen LogP contribution is -2.15. The van der Waals surface area contributed by atoms with Crippen LogP contribution in [0.15, 0.2) is 48.1 Å². The van der Waals surface area contributed by atoms with Crippen molar-refractivity contribution in [2.45, 2.75) is 6.18 Å². The summed E-state index contributed by atoms with van der Waals surface area (Å²) in [6.07, 6.45) is -1.87. The highest BCUT2D eigenvalue weighted by molar-refractivity contribution is 7.13. The Morgan fingerprint density at radius 1 is 1.20 bits per heavy atom. The molecular formula is C15H8F3N5OS. The van der Waals surface area contributed by atoms with Crippen molar-refractivity contribution in [3.8, 4) is 10.6 Å². The van der Waals surface area contributed by atoms with Gasteiger partial charge in [0, 0.05) is 18.5 Å². The van der Waals surface area contributed by atoms with Gasteiger partial charge in [-0.15, -0.1) is 11.3 Å². The zero-order valence-electron chi connectivity index (χ0n) is 12.3. The summed E-state index contributed by atoms with van der Waals surface area (Å²) in [5.41, 5.74) is -1.06. The van der Waals surface area contributed by atoms with Crippen LogP contribution in [0.5, 0.6) is 0 Å². The molecule has 10 heteroatoms. The summed E-state index contributed by atoms with van der Waals surface area (Å²) in [5.74, 6) is -0.638. The predicted octanol–water partition coefficient (Wildman–Crippen LogP) is 3.36. The van der Waals surface area contributed by atoms with E-state index in [2.05, 4.69) is 15.2 Å². The molecule has 0 aliphatic rings. The van der Waals surface area contributed by atoms with E-state index in [1.54, 1.807) is 17.5 Å². The van der Waals surface area contributed by atoms with Crippen molar-refractivity contribution >= 4 is 22.9 Å². The van der Waals surface area contributed by atoms with Crippen LogP contribution in [-0.4, -0.2) is 30.3 Å². The Balaban J connectivity index is 1.92. The molecule has 25 heavy (non-hydrogen) atoms. The summed E-state index contributed by atoms with van der Waals surface area (Å²) < 4.78 is 41.9. The number of aromatic nitrogens is 5. The van der Waals surface area contributed by atoms with Crippen molar-refractivity contribution in [1.82, 2.24) is 24.4 Å². The minimum atomic E-state index is -4.65. The number of nitrogens with zero attached hydrogens (tertiary/aromatic N) is 5. The normalized spacial score (nSPS) is 12.0. The molecule has 0 radical (unpaired) electrons. The molecule has 0 bridgehead atoms. The molecule has 0 aliphatic carbocycles. The summed E-state index contributed by atoms with van der Waals surface area (Å²) in [4.78, 5) is 17.1. The highest BCUT2D eigenvalue weighted by Gasteiger charge is 2.35. The molecule has 0 spiro atoms. The van der Waals surface area contributed by atoms with Crippen LogP contribution in [0.3, 0.4) is 0 Å². The number of carbonyl (C=O) groups is 1. The van der Waals surface area contributed by atoms with Crippen molar-refractivity contribution in [1.29, 1.82) is 0 Å². The topological polar surface area (TPSA) is 65.1 Å². The van der Waals surface area contributed by atoms with Crippen LogP contribution in [0.2, 0.25) is 0 Å². The molecule has 6 nitrogen and oxygen atoms in total. The van der Waals surface area contributed by atoms with Gasteiger partial charge in [-0.05, 0) is 23.6 Å². The van der Waals surface area contributed by atoms with Crippen LogP contribution < -0.4 is 0 Å². The fourth-order valence-corrected chi connectivity index (χ4v) is 3.02. The minimum absolute atomic E-state index is 0.0614. The molecule has 0 N–H and O–H groups in total. The second-order valence-corrected chi connectivity index (χ2v) is 6.00. The van der Waals surface area contributed by atoms with E-state index in [1.807, 2.05) is 0 Å². The molecular weight excluding hydrogens is 355 g/mol. The fraction of sp³-hybridized carbons (Fsp3) is 0.0667. The van der Waals surface area contributed by atoms with Crippen LogP contribution >= 0.6 is 11.3 Å². The van der Waals surface area contributed by atoms with Crippen LogP contribution in [0.25, 0.3) is 16.2 Å². The molecule has 4 heterocycles. The first-order valence-corrected chi connectivity index (χ1v) is 7.88. The molecule has 0 aromatic carbocycles. The maximum atomic E-state index is 13.4. The Hall–Kier alpha value is -3.01. The van der Waals surface area contributed by atoms with Crippen LogP contribution in [0.4, 0.5) is 13.2 Å². The van der Waals surface area contributed by atoms with Gasteiger partial charge in [0.05, 0.1) is 10.6 Å². The Kier molecular flexibility index (Phi) is 3.42. The van der Waals surface area contributed by atoms with Gasteiger partial charge in [0.15, 0.2) is 17.0 Å². The van der Waals surface area contributed by atoms with Gasteiger partial charge in [0.25, 0.3) is 5.91 Å². The largest absolute Gasteiger partial charge is 0.433 e. The third kappa shape index (κ3) is 2.70. The molecule has 0 saturated heterocycles. The van der Waals surface area contributed by atoms with Gasteiger partial charge < -0.3 is 0 Å². The number of alkyl halides is 3. The summed E-state index contributed by atoms with van der Waals surface area (Å²) in [6.45, 7) is 0. The van der Waals surface area contributed by atoms with Crippen molar-refractivity contribution in [2.75, 3.05) is 0 Å². The lowest BCUT2D eigenvalue weighted by molar-refractivity contribution is -0.142. The van der Waals surface area contributed by atoms with E-state index in [9.17, 15) is 18.0 Å². The van der Waals surface area contributed by atoms with Crippen molar-refractivity contribution in [3.63, 3.8) is 0 Å². The number of fused-ring (bicyclic) bond motifs is 1. The third-order valence-corrected chi connectivity index (χ3v) is 4.32. The standard InChI is InChI=1S/C15H8F3N5OS/c16-15(17,18)12-7-9(11-3-1-6-25-11)20-13-8-10(21-23(12)13)14(24)22-5-2-4-19-22/h1-8H. The zero-order chi connectivity index (χ0) is 17.6. The summed E-state index contributed by atoms with van der Waals surface area (Å²) in [7, 11) is 0. The van der Waals surface area contributed by atoms with Crippen LogP contribution in [-0.2, 0) is 6.18 Å². The molecule has 4 aromatic heterocycles. The van der Waals surface area contributed by atoms with E-state index in [0.717, 1.165) is 10.7 Å². The quantitative estimate of drug-likeness (QED) is 0.548. The smallest absolute Gasteiger partial charge is 0.265 e. The first kappa shape index (κ1) is 15.5. The molecule has 0 aliphatic heterocycles. The van der Waals surface area contributed by atoms with Gasteiger partial charge in [0.2, 0.25) is 0 Å². The Morgan fingerprint density at radius 3 is 2.68 bits per heavy atom. The second-order valence-electron chi connectivity index (χ2n) is 5.06. The molecule has 0 saturated carbocycles. The van der Waals surface area contributed by atoms with Gasteiger partial charge in [-0.25, -0.2) is 14.2 Å². The number of thiophene rings is 1. The van der Waals surface area contributed by atoms with E-state index in [0.29, 0.717) is 9.39 Å². The maximum absolute atomic E-state index is 13.4. The molecule has 126 valence electrons. The van der Waals surface area contributed by atoms with E-state index < -0.39 is 17.8 Å². The Bertz CT molecular complexity index is 1050. The van der Waals surface area contributed by atoms with E-state index in [4.69, 9.17) is 0 Å². The number of halogens is 3. The molecule has 0 fully saturated rings. The number of rotatable bonds is 2. The molecule has 0 amide bonds. The van der Waals surface area contributed by atoms with E-state index in [-0.39, 0.29) is 17.0 Å². The molecule has 0 unspecified atom stereocenters.